The van der Waals surface area contributed by atoms with Crippen LogP contribution in [0, 0.1) is 0 Å². The van der Waals surface area contributed by atoms with Gasteiger partial charge in [0.15, 0.2) is 5.78 Å². The van der Waals surface area contributed by atoms with Crippen LogP contribution in [0.5, 0.6) is 0 Å². The van der Waals surface area contributed by atoms with Crippen molar-refractivity contribution in [2.24, 2.45) is 0 Å². The van der Waals surface area contributed by atoms with E-state index in [9.17, 15) is 4.79 Å². The molecule has 1 N–H and O–H groups in total. The van der Waals surface area contributed by atoms with E-state index in [1.165, 1.54) is 6.92 Å². The third kappa shape index (κ3) is 2.41. The Labute approximate surface area is 100 Å². The van der Waals surface area contributed by atoms with E-state index in [4.69, 9.17) is 9.47 Å². The number of ketones is 1. The highest BCUT2D eigenvalue weighted by Crippen LogP contribution is 1.98. The second kappa shape index (κ2) is 5.39. The van der Waals surface area contributed by atoms with Gasteiger partial charge in [0, 0.05) is 11.8 Å². The minimum absolute atomic E-state index is 0.0391. The van der Waals surface area contributed by atoms with E-state index in [-0.39, 0.29) is 5.78 Å². The van der Waals surface area contributed by atoms with Crippen LogP contribution in [0.15, 0.2) is 18.9 Å². The van der Waals surface area contributed by atoms with E-state index in [2.05, 4.69) is 11.6 Å². The number of carbonyl (C=O) groups excluding carboxylic acids is 1. The average Bonchev–Trinajstić information content (AvgIpc) is 2.74. The summed E-state index contributed by atoms with van der Waals surface area (Å²) in [4.78, 5) is 14.6. The molecule has 0 aliphatic carbocycles. The molecule has 1 aromatic heterocycles. The number of H-pyrrole nitrogens is 1. The van der Waals surface area contributed by atoms with Crippen LogP contribution in [0.25, 0.3) is 11.5 Å². The topological polar surface area (TPSA) is 51.3 Å². The maximum absolute atomic E-state index is 11.6. The molecule has 0 saturated carbocycles. The van der Waals surface area contributed by atoms with E-state index < -0.39 is 0 Å². The van der Waals surface area contributed by atoms with Crippen molar-refractivity contribution in [1.29, 1.82) is 0 Å². The van der Waals surface area contributed by atoms with Crippen molar-refractivity contribution in [2.75, 3.05) is 14.2 Å². The van der Waals surface area contributed by atoms with Crippen molar-refractivity contribution < 1.29 is 14.3 Å². The number of hydrogen-bond acceptors (Lipinski definition) is 3. The van der Waals surface area contributed by atoms with E-state index in [1.54, 1.807) is 26.5 Å². The van der Waals surface area contributed by atoms with Crippen LogP contribution in [-0.2, 0) is 9.47 Å². The molecule has 0 bridgehead atoms. The number of ether oxygens (including phenoxy) is 2. The highest BCUT2D eigenvalue weighted by atomic mass is 16.5. The summed E-state index contributed by atoms with van der Waals surface area (Å²) >= 11 is 0. The minimum atomic E-state index is -0.0391. The summed E-state index contributed by atoms with van der Waals surface area (Å²) in [7, 11) is 3.12. The van der Waals surface area contributed by atoms with Gasteiger partial charge < -0.3 is 14.5 Å². The monoisotopic (exact) mass is 235 g/mol. The number of carbonyl (C=O) groups is 1. The van der Waals surface area contributed by atoms with Gasteiger partial charge in [0.1, 0.15) is 11.5 Å². The molecule has 4 nitrogen and oxygen atoms in total. The van der Waals surface area contributed by atoms with Gasteiger partial charge in [-0.25, -0.2) is 0 Å². The fourth-order valence-corrected chi connectivity index (χ4v) is 1.62. The standard InChI is InChI=1S/C13H17NO3/c1-6-11(17-5)12-10(8(2)15)7-14-13(12)9(3)16-4/h6-7,14H,1H2,2-5H3/b12-11+,13-9-. The molecule has 0 atom stereocenters. The predicted octanol–water partition coefficient (Wildman–Crippen LogP) is 0.932. The Morgan fingerprint density at radius 3 is 2.41 bits per heavy atom. The van der Waals surface area contributed by atoms with E-state index in [1.807, 2.05) is 6.92 Å². The summed E-state index contributed by atoms with van der Waals surface area (Å²) in [5.74, 6) is 1.19. The first kappa shape index (κ1) is 13.1. The number of methoxy groups -OCH3 is 2. The number of hydrogen-bond donors (Lipinski definition) is 1. The Hall–Kier alpha value is -1.97. The van der Waals surface area contributed by atoms with Crippen molar-refractivity contribution in [3.8, 4) is 0 Å². The summed E-state index contributed by atoms with van der Waals surface area (Å²) < 4.78 is 10.4. The molecule has 4 heteroatoms. The third-order valence-corrected chi connectivity index (χ3v) is 2.57. The van der Waals surface area contributed by atoms with Crippen LogP contribution in [-0.4, -0.2) is 25.0 Å². The molecule has 0 unspecified atom stereocenters. The first-order valence-electron chi connectivity index (χ1n) is 5.20. The van der Waals surface area contributed by atoms with E-state index in [0.717, 1.165) is 5.35 Å². The molecule has 1 heterocycles. The zero-order chi connectivity index (χ0) is 13.0. The molecule has 0 aromatic carbocycles. The predicted molar refractivity (Wildman–Crippen MR) is 66.8 cm³/mol. The van der Waals surface area contributed by atoms with Crippen LogP contribution in [0.3, 0.4) is 0 Å². The molecular formula is C13H17NO3. The van der Waals surface area contributed by atoms with Gasteiger partial charge in [-0.1, -0.05) is 6.58 Å². The van der Waals surface area contributed by atoms with Crippen molar-refractivity contribution in [3.63, 3.8) is 0 Å². The zero-order valence-electron chi connectivity index (χ0n) is 10.6. The fraction of sp³-hybridized carbons (Fsp3) is 0.308. The Morgan fingerprint density at radius 1 is 1.35 bits per heavy atom. The number of rotatable bonds is 4. The molecule has 0 aliphatic rings. The number of nitrogens with one attached hydrogen (secondary N) is 1. The van der Waals surface area contributed by atoms with Gasteiger partial charge in [-0.3, -0.25) is 4.79 Å². The molecule has 0 fully saturated rings. The van der Waals surface area contributed by atoms with E-state index in [0.29, 0.717) is 22.3 Å². The Bertz CT molecular complexity index is 552. The van der Waals surface area contributed by atoms with Crippen molar-refractivity contribution in [1.82, 2.24) is 4.98 Å². The van der Waals surface area contributed by atoms with Gasteiger partial charge in [-0.05, 0) is 19.9 Å². The fourth-order valence-electron chi connectivity index (χ4n) is 1.62. The maximum atomic E-state index is 11.6. The quantitative estimate of drug-likeness (QED) is 0.790. The van der Waals surface area contributed by atoms with Gasteiger partial charge in [-0.2, -0.15) is 0 Å². The molecule has 0 saturated heterocycles. The van der Waals surface area contributed by atoms with Gasteiger partial charge >= 0.3 is 0 Å². The highest BCUT2D eigenvalue weighted by molar-refractivity contribution is 5.94. The largest absolute Gasteiger partial charge is 0.499 e. The lowest BCUT2D eigenvalue weighted by molar-refractivity contribution is 0.101. The summed E-state index contributed by atoms with van der Waals surface area (Å²) in [6.07, 6.45) is 3.22. The van der Waals surface area contributed by atoms with Gasteiger partial charge in [-0.15, -0.1) is 0 Å². The molecule has 0 aliphatic heterocycles. The number of aromatic nitrogens is 1. The summed E-state index contributed by atoms with van der Waals surface area (Å²) in [6, 6.07) is 0. The zero-order valence-corrected chi connectivity index (χ0v) is 10.6. The molecule has 0 radical (unpaired) electrons. The molecule has 1 aromatic rings. The second-order valence-electron chi connectivity index (χ2n) is 3.54. The first-order chi connectivity index (χ1) is 8.06. The molecule has 1 rings (SSSR count). The highest BCUT2D eigenvalue weighted by Gasteiger charge is 2.10. The molecule has 92 valence electrons. The van der Waals surface area contributed by atoms with Crippen LogP contribution < -0.4 is 10.6 Å². The average molecular weight is 235 g/mol. The van der Waals surface area contributed by atoms with Crippen molar-refractivity contribution >= 4 is 17.3 Å². The number of aromatic amines is 1. The van der Waals surface area contributed by atoms with Gasteiger partial charge in [0.2, 0.25) is 0 Å². The molecule has 0 spiro atoms. The lowest BCUT2D eigenvalue weighted by atomic mass is 10.1. The van der Waals surface area contributed by atoms with Gasteiger partial charge in [0.05, 0.1) is 24.8 Å². The Morgan fingerprint density at radius 2 is 2.00 bits per heavy atom. The summed E-state index contributed by atoms with van der Waals surface area (Å²) in [6.45, 7) is 7.00. The first-order valence-corrected chi connectivity index (χ1v) is 5.20. The molecule has 17 heavy (non-hydrogen) atoms. The van der Waals surface area contributed by atoms with Crippen LogP contribution in [0.2, 0.25) is 0 Å². The molecular weight excluding hydrogens is 218 g/mol. The lowest BCUT2D eigenvalue weighted by Crippen LogP contribution is -2.31. The number of Topliss-reactive ketones (excluding diaryl/α,β-unsaturated/α-hetero) is 1. The second-order valence-corrected chi connectivity index (χ2v) is 3.54. The summed E-state index contributed by atoms with van der Waals surface area (Å²) in [5, 5.41) is 1.42. The normalized spacial score (nSPS) is 13.9. The van der Waals surface area contributed by atoms with Crippen LogP contribution in [0.1, 0.15) is 24.2 Å². The van der Waals surface area contributed by atoms with E-state index >= 15 is 0 Å². The van der Waals surface area contributed by atoms with Crippen molar-refractivity contribution in [2.45, 2.75) is 13.8 Å². The minimum Gasteiger partial charge on any atom is -0.499 e. The Kier molecular flexibility index (Phi) is 4.15. The Balaban J connectivity index is 3.88. The van der Waals surface area contributed by atoms with Crippen LogP contribution in [0.4, 0.5) is 0 Å². The van der Waals surface area contributed by atoms with Gasteiger partial charge in [0.25, 0.3) is 0 Å². The SMILES string of the molecule is C=C/C(OC)=c1/c(C(C)=O)c[nH]/c1=C(/C)OC. The lowest BCUT2D eigenvalue weighted by Gasteiger charge is -2.01. The van der Waals surface area contributed by atoms with Crippen LogP contribution >= 0.6 is 0 Å². The maximum Gasteiger partial charge on any atom is 0.162 e. The smallest absolute Gasteiger partial charge is 0.162 e. The molecule has 0 amide bonds. The van der Waals surface area contributed by atoms with Crippen molar-refractivity contribution in [3.05, 3.63) is 35.0 Å². The summed E-state index contributed by atoms with van der Waals surface area (Å²) in [5.41, 5.74) is 0.563. The third-order valence-electron chi connectivity index (χ3n) is 2.57.